The maximum absolute atomic E-state index is 10.9. The van der Waals surface area contributed by atoms with Gasteiger partial charge in [-0.1, -0.05) is 24.3 Å². The van der Waals surface area contributed by atoms with Gasteiger partial charge < -0.3 is 19.9 Å². The first-order valence-electron chi connectivity index (χ1n) is 11.6. The highest BCUT2D eigenvalue weighted by molar-refractivity contribution is 7.80. The Balaban J connectivity index is 1.52. The lowest BCUT2D eigenvalue weighted by Gasteiger charge is -2.28. The second kappa shape index (κ2) is 10.9. The fourth-order valence-electron chi connectivity index (χ4n) is 4.42. The number of rotatable bonds is 9. The lowest BCUT2D eigenvalue weighted by Crippen LogP contribution is -2.24. The van der Waals surface area contributed by atoms with Crippen LogP contribution in [0.4, 0.5) is 5.69 Å². The summed E-state index contributed by atoms with van der Waals surface area (Å²) in [4.78, 5) is 10.9. The number of carbonyl (C=O) groups is 1. The third kappa shape index (κ3) is 5.68. The van der Waals surface area contributed by atoms with Gasteiger partial charge in [0.2, 0.25) is 0 Å². The van der Waals surface area contributed by atoms with Gasteiger partial charge in [0.15, 0.2) is 0 Å². The van der Waals surface area contributed by atoms with Crippen molar-refractivity contribution in [2.24, 2.45) is 0 Å². The van der Waals surface area contributed by atoms with Crippen LogP contribution in [0.5, 0.6) is 11.5 Å². The Labute approximate surface area is 206 Å². The number of aliphatic carboxylic acids is 1. The molecule has 178 valence electrons. The Morgan fingerprint density at radius 3 is 2.68 bits per heavy atom. The number of fused-ring (bicyclic) bond motifs is 1. The van der Waals surface area contributed by atoms with E-state index in [1.54, 1.807) is 0 Å². The maximum Gasteiger partial charge on any atom is 0.303 e. The Morgan fingerprint density at radius 2 is 1.94 bits per heavy atom. The molecule has 34 heavy (non-hydrogen) atoms. The van der Waals surface area contributed by atoms with Crippen LogP contribution in [-0.2, 0) is 11.2 Å². The average molecular weight is 478 g/mol. The molecular weight excluding hydrogens is 446 g/mol. The molecule has 0 aliphatic carbocycles. The van der Waals surface area contributed by atoms with Crippen LogP contribution in [0.25, 0.3) is 11.1 Å². The molecule has 1 aliphatic heterocycles. The van der Waals surface area contributed by atoms with Crippen molar-refractivity contribution in [3.63, 3.8) is 0 Å². The Hall–Kier alpha value is -3.12. The summed E-state index contributed by atoms with van der Waals surface area (Å²) >= 11 is 4.25. The number of hydrogen-bond donors (Lipinski definition) is 3. The van der Waals surface area contributed by atoms with E-state index in [1.807, 2.05) is 18.2 Å². The normalized spacial score (nSPS) is 14.6. The summed E-state index contributed by atoms with van der Waals surface area (Å²) in [6, 6.07) is 18.7. The zero-order valence-corrected chi connectivity index (χ0v) is 20.5. The Bertz CT molecular complexity index is 1150. The molecule has 4 rings (SSSR count). The molecule has 5 nitrogen and oxygen atoms in total. The number of ether oxygens (including phenoxy) is 2. The van der Waals surface area contributed by atoms with Gasteiger partial charge in [0.25, 0.3) is 0 Å². The largest absolute Gasteiger partial charge is 0.494 e. The average Bonchev–Trinajstić information content (AvgIpc) is 2.82. The van der Waals surface area contributed by atoms with Crippen molar-refractivity contribution in [3.05, 3.63) is 76.9 Å². The molecule has 1 unspecified atom stereocenters. The molecule has 6 heteroatoms. The molecule has 3 aromatic rings. The van der Waals surface area contributed by atoms with Gasteiger partial charge in [-0.25, -0.2) is 0 Å². The quantitative estimate of drug-likeness (QED) is 0.252. The van der Waals surface area contributed by atoms with E-state index in [0.29, 0.717) is 19.6 Å². The van der Waals surface area contributed by atoms with Crippen molar-refractivity contribution in [3.8, 4) is 22.6 Å². The standard InChI is InChI=1S/C28H31NO4S/c1-18-13-23(32-11-4-12-34)14-19(2)28(18)22-6-3-5-21(16-22)25-17-33-26-15-20(8-10-27(30)31)7-9-24(26)29-25/h3,5-7,9,13-16,25,29,34H,4,8,10-12,17H2,1-2H3,(H,30,31). The molecule has 3 aromatic carbocycles. The minimum atomic E-state index is -0.794. The molecule has 0 amide bonds. The van der Waals surface area contributed by atoms with E-state index >= 15 is 0 Å². The smallest absolute Gasteiger partial charge is 0.303 e. The fourth-order valence-corrected chi connectivity index (χ4v) is 4.55. The third-order valence-corrected chi connectivity index (χ3v) is 6.38. The molecule has 1 aliphatic rings. The molecule has 0 aromatic heterocycles. The number of carboxylic acids is 1. The minimum Gasteiger partial charge on any atom is -0.494 e. The topological polar surface area (TPSA) is 67.8 Å². The minimum absolute atomic E-state index is 0.0294. The van der Waals surface area contributed by atoms with Crippen LogP contribution in [-0.4, -0.2) is 30.0 Å². The molecule has 0 saturated heterocycles. The van der Waals surface area contributed by atoms with Crippen LogP contribution >= 0.6 is 12.6 Å². The maximum atomic E-state index is 10.9. The van der Waals surface area contributed by atoms with E-state index in [0.717, 1.165) is 40.5 Å². The fraction of sp³-hybridized carbons (Fsp3) is 0.321. The van der Waals surface area contributed by atoms with Gasteiger partial charge in [-0.15, -0.1) is 0 Å². The molecule has 0 saturated carbocycles. The summed E-state index contributed by atoms with van der Waals surface area (Å²) < 4.78 is 11.9. The van der Waals surface area contributed by atoms with Crippen LogP contribution in [0.3, 0.4) is 0 Å². The Morgan fingerprint density at radius 1 is 1.15 bits per heavy atom. The Kier molecular flexibility index (Phi) is 7.68. The van der Waals surface area contributed by atoms with Gasteiger partial charge in [-0.05, 0) is 96.2 Å². The molecule has 1 heterocycles. The number of carboxylic acid groups (broad SMARTS) is 1. The van der Waals surface area contributed by atoms with Crippen LogP contribution in [0.1, 0.15) is 41.1 Å². The van der Waals surface area contributed by atoms with Gasteiger partial charge in [0.1, 0.15) is 18.1 Å². The SMILES string of the molecule is Cc1cc(OCCCS)cc(C)c1-c1cccc(C2COc3cc(CCC(=O)O)ccc3N2)c1. The van der Waals surface area contributed by atoms with Gasteiger partial charge in [0.05, 0.1) is 18.3 Å². The number of thiol groups is 1. The van der Waals surface area contributed by atoms with Crippen molar-refractivity contribution in [1.82, 2.24) is 0 Å². The van der Waals surface area contributed by atoms with Crippen LogP contribution < -0.4 is 14.8 Å². The van der Waals surface area contributed by atoms with E-state index < -0.39 is 5.97 Å². The molecule has 2 N–H and O–H groups in total. The van der Waals surface area contributed by atoms with Gasteiger partial charge in [-0.2, -0.15) is 12.6 Å². The summed E-state index contributed by atoms with van der Waals surface area (Å²) in [7, 11) is 0. The molecule has 0 bridgehead atoms. The van der Waals surface area contributed by atoms with Gasteiger partial charge >= 0.3 is 5.97 Å². The third-order valence-electron chi connectivity index (χ3n) is 6.06. The van der Waals surface area contributed by atoms with Crippen LogP contribution in [0.15, 0.2) is 54.6 Å². The van der Waals surface area contributed by atoms with E-state index in [2.05, 4.69) is 68.2 Å². The number of aryl methyl sites for hydroxylation is 3. The van der Waals surface area contributed by atoms with Gasteiger partial charge in [0, 0.05) is 6.42 Å². The highest BCUT2D eigenvalue weighted by atomic mass is 32.1. The number of hydrogen-bond acceptors (Lipinski definition) is 5. The van der Waals surface area contributed by atoms with E-state index in [-0.39, 0.29) is 12.5 Å². The summed E-state index contributed by atoms with van der Waals surface area (Å²) in [5, 5.41) is 12.5. The molecule has 0 radical (unpaired) electrons. The zero-order valence-electron chi connectivity index (χ0n) is 19.6. The predicted molar refractivity (Wildman–Crippen MR) is 140 cm³/mol. The molecule has 0 spiro atoms. The molecule has 0 fully saturated rings. The first kappa shape index (κ1) is 24.0. The lowest BCUT2D eigenvalue weighted by molar-refractivity contribution is -0.136. The highest BCUT2D eigenvalue weighted by Gasteiger charge is 2.21. The number of anilines is 1. The van der Waals surface area contributed by atoms with E-state index in [9.17, 15) is 4.79 Å². The first-order valence-corrected chi connectivity index (χ1v) is 12.3. The lowest BCUT2D eigenvalue weighted by atomic mass is 9.93. The predicted octanol–water partition coefficient (Wildman–Crippen LogP) is 6.23. The van der Waals surface area contributed by atoms with Gasteiger partial charge in [-0.3, -0.25) is 4.79 Å². The second-order valence-electron chi connectivity index (χ2n) is 8.72. The summed E-state index contributed by atoms with van der Waals surface area (Å²) in [5.74, 6) is 1.70. The molecular formula is C28H31NO4S. The molecule has 1 atom stereocenters. The summed E-state index contributed by atoms with van der Waals surface area (Å²) in [6.07, 6.45) is 1.53. The first-order chi connectivity index (χ1) is 16.4. The van der Waals surface area contributed by atoms with E-state index in [1.165, 1.54) is 22.3 Å². The van der Waals surface area contributed by atoms with Crippen molar-refractivity contribution in [1.29, 1.82) is 0 Å². The van der Waals surface area contributed by atoms with Crippen LogP contribution in [0.2, 0.25) is 0 Å². The number of nitrogens with one attached hydrogen (secondary N) is 1. The highest BCUT2D eigenvalue weighted by Crippen LogP contribution is 2.37. The monoisotopic (exact) mass is 477 g/mol. The van der Waals surface area contributed by atoms with Crippen molar-refractivity contribution >= 4 is 24.3 Å². The van der Waals surface area contributed by atoms with Crippen molar-refractivity contribution in [2.45, 2.75) is 39.2 Å². The summed E-state index contributed by atoms with van der Waals surface area (Å²) in [6.45, 7) is 5.43. The zero-order chi connectivity index (χ0) is 24.1. The second-order valence-corrected chi connectivity index (χ2v) is 9.16. The summed E-state index contributed by atoms with van der Waals surface area (Å²) in [5.41, 5.74) is 7.82. The van der Waals surface area contributed by atoms with E-state index in [4.69, 9.17) is 14.6 Å². The van der Waals surface area contributed by atoms with Crippen molar-refractivity contribution < 1.29 is 19.4 Å². The van der Waals surface area contributed by atoms with Crippen molar-refractivity contribution in [2.75, 3.05) is 24.3 Å². The number of benzene rings is 3. The van der Waals surface area contributed by atoms with Crippen LogP contribution in [0, 0.1) is 13.8 Å².